The summed E-state index contributed by atoms with van der Waals surface area (Å²) in [6.45, 7) is 1.67. The molecule has 2 heterocycles. The molecule has 1 aromatic carbocycles. The van der Waals surface area contributed by atoms with Gasteiger partial charge in [-0.1, -0.05) is 29.3 Å². The predicted octanol–water partition coefficient (Wildman–Crippen LogP) is 3.65. The normalized spacial score (nSPS) is 12.6. The number of anilines is 1. The number of halogens is 2. The van der Waals surface area contributed by atoms with Crippen LogP contribution >= 0.6 is 35.4 Å². The fraction of sp³-hybridized carbons (Fsp3) is 0.200. The number of rotatable bonds is 3. The predicted molar refractivity (Wildman–Crippen MR) is 94.7 cm³/mol. The molecule has 5 nitrogen and oxygen atoms in total. The highest BCUT2D eigenvalue weighted by Crippen LogP contribution is 2.30. The van der Waals surface area contributed by atoms with Crippen molar-refractivity contribution in [2.45, 2.75) is 6.54 Å². The van der Waals surface area contributed by atoms with Crippen molar-refractivity contribution < 1.29 is 9.47 Å². The fourth-order valence-corrected chi connectivity index (χ4v) is 2.63. The second-order valence-electron chi connectivity index (χ2n) is 4.77. The molecule has 0 saturated carbocycles. The van der Waals surface area contributed by atoms with Gasteiger partial charge in [0.25, 0.3) is 0 Å². The number of fused-ring (bicyclic) bond motifs is 1. The number of nitrogens with one attached hydrogen (secondary N) is 2. The highest BCUT2D eigenvalue weighted by atomic mass is 35.5. The minimum absolute atomic E-state index is 0.404. The monoisotopic (exact) mass is 369 g/mol. The van der Waals surface area contributed by atoms with E-state index in [0.717, 1.165) is 17.1 Å². The molecule has 1 aliphatic heterocycles. The van der Waals surface area contributed by atoms with Crippen molar-refractivity contribution in [2.24, 2.45) is 0 Å². The lowest BCUT2D eigenvalue weighted by Gasteiger charge is -2.19. The molecule has 0 radical (unpaired) electrons. The zero-order valence-corrected chi connectivity index (χ0v) is 14.3. The van der Waals surface area contributed by atoms with Crippen molar-refractivity contribution in [2.75, 3.05) is 18.5 Å². The Hall–Kier alpha value is -1.76. The van der Waals surface area contributed by atoms with Gasteiger partial charge < -0.3 is 20.1 Å². The summed E-state index contributed by atoms with van der Waals surface area (Å²) in [6.07, 6.45) is 1.50. The van der Waals surface area contributed by atoms with Crippen molar-refractivity contribution in [1.29, 1.82) is 0 Å². The van der Waals surface area contributed by atoms with Gasteiger partial charge in [-0.15, -0.1) is 0 Å². The SMILES string of the molecule is S=C(NCc1ccc2c(c1)OCCO2)Nc1ncc(Cl)cc1Cl. The number of nitrogens with zero attached hydrogens (tertiary/aromatic N) is 1. The smallest absolute Gasteiger partial charge is 0.172 e. The Balaban J connectivity index is 1.58. The van der Waals surface area contributed by atoms with Gasteiger partial charge in [-0.2, -0.15) is 0 Å². The van der Waals surface area contributed by atoms with E-state index < -0.39 is 0 Å². The molecule has 0 aliphatic carbocycles. The first-order valence-electron chi connectivity index (χ1n) is 6.86. The number of pyridine rings is 1. The standard InChI is InChI=1S/C15H13Cl2N3O2S/c16-10-6-11(17)14(18-8-10)20-15(23)19-7-9-1-2-12-13(5-9)22-4-3-21-12/h1-2,5-6,8H,3-4,7H2,(H2,18,19,20,23). The summed E-state index contributed by atoms with van der Waals surface area (Å²) in [4.78, 5) is 4.09. The van der Waals surface area contributed by atoms with Crippen LogP contribution in [-0.4, -0.2) is 23.3 Å². The number of ether oxygens (including phenoxy) is 2. The van der Waals surface area contributed by atoms with Crippen molar-refractivity contribution in [1.82, 2.24) is 10.3 Å². The molecule has 0 saturated heterocycles. The van der Waals surface area contributed by atoms with Crippen LogP contribution in [0.15, 0.2) is 30.5 Å². The van der Waals surface area contributed by atoms with E-state index in [0.29, 0.717) is 40.7 Å². The Morgan fingerprint density at radius 2 is 1.96 bits per heavy atom. The van der Waals surface area contributed by atoms with Crippen LogP contribution < -0.4 is 20.1 Å². The largest absolute Gasteiger partial charge is 0.486 e. The van der Waals surface area contributed by atoms with Crippen LogP contribution in [0.2, 0.25) is 10.0 Å². The molecule has 1 aromatic heterocycles. The maximum absolute atomic E-state index is 6.04. The molecule has 0 atom stereocenters. The van der Waals surface area contributed by atoms with Gasteiger partial charge in [-0.3, -0.25) is 0 Å². The third kappa shape index (κ3) is 4.16. The van der Waals surface area contributed by atoms with Gasteiger partial charge in [0.2, 0.25) is 0 Å². The summed E-state index contributed by atoms with van der Waals surface area (Å²) in [5.74, 6) is 1.96. The highest BCUT2D eigenvalue weighted by Gasteiger charge is 2.12. The van der Waals surface area contributed by atoms with Crippen LogP contribution in [0.25, 0.3) is 0 Å². The Morgan fingerprint density at radius 3 is 2.74 bits per heavy atom. The minimum Gasteiger partial charge on any atom is -0.486 e. The second kappa shape index (κ2) is 7.21. The third-order valence-electron chi connectivity index (χ3n) is 3.10. The molecule has 0 bridgehead atoms. The highest BCUT2D eigenvalue weighted by molar-refractivity contribution is 7.80. The third-order valence-corrected chi connectivity index (χ3v) is 3.84. The summed E-state index contributed by atoms with van der Waals surface area (Å²) >= 11 is 17.1. The first-order chi connectivity index (χ1) is 11.1. The zero-order valence-electron chi connectivity index (χ0n) is 11.9. The van der Waals surface area contributed by atoms with Crippen molar-refractivity contribution in [3.63, 3.8) is 0 Å². The fourth-order valence-electron chi connectivity index (χ4n) is 2.04. The maximum atomic E-state index is 6.04. The first-order valence-corrected chi connectivity index (χ1v) is 8.02. The molecule has 0 amide bonds. The minimum atomic E-state index is 0.404. The Labute approximate surface area is 148 Å². The number of thiocarbonyl (C=S) groups is 1. The number of aromatic nitrogens is 1. The van der Waals surface area contributed by atoms with Gasteiger partial charge in [-0.25, -0.2) is 4.98 Å². The molecule has 1 aliphatic rings. The van der Waals surface area contributed by atoms with E-state index in [9.17, 15) is 0 Å². The summed E-state index contributed by atoms with van der Waals surface area (Å²) in [5.41, 5.74) is 1.02. The Bertz CT molecular complexity index is 743. The summed E-state index contributed by atoms with van der Waals surface area (Å²) < 4.78 is 11.0. The quantitative estimate of drug-likeness (QED) is 0.805. The summed E-state index contributed by atoms with van der Waals surface area (Å²) in [7, 11) is 0. The van der Waals surface area contributed by atoms with Gasteiger partial charge >= 0.3 is 0 Å². The van der Waals surface area contributed by atoms with E-state index in [1.807, 2.05) is 18.2 Å². The molecule has 0 spiro atoms. The molecule has 8 heteroatoms. The van der Waals surface area contributed by atoms with Crippen LogP contribution in [0.4, 0.5) is 5.82 Å². The summed E-state index contributed by atoms with van der Waals surface area (Å²) in [5, 5.41) is 7.31. The molecular formula is C15H13Cl2N3O2S. The molecule has 2 N–H and O–H groups in total. The Morgan fingerprint density at radius 1 is 1.17 bits per heavy atom. The lowest BCUT2D eigenvalue weighted by molar-refractivity contribution is 0.171. The zero-order chi connectivity index (χ0) is 16.2. The van der Waals surface area contributed by atoms with E-state index in [2.05, 4.69) is 15.6 Å². The summed E-state index contributed by atoms with van der Waals surface area (Å²) in [6, 6.07) is 7.37. The molecule has 0 fully saturated rings. The molecule has 23 heavy (non-hydrogen) atoms. The van der Waals surface area contributed by atoms with Gasteiger partial charge in [0.1, 0.15) is 13.2 Å². The van der Waals surface area contributed by atoms with Gasteiger partial charge in [-0.05, 0) is 36.0 Å². The Kier molecular flexibility index (Phi) is 5.05. The molecule has 2 aromatic rings. The lowest BCUT2D eigenvalue weighted by atomic mass is 10.2. The topological polar surface area (TPSA) is 55.4 Å². The average Bonchev–Trinajstić information content (AvgIpc) is 2.55. The molecule has 0 unspecified atom stereocenters. The maximum Gasteiger partial charge on any atom is 0.172 e. The van der Waals surface area contributed by atoms with Crippen LogP contribution in [0.5, 0.6) is 11.5 Å². The lowest BCUT2D eigenvalue weighted by Crippen LogP contribution is -2.28. The van der Waals surface area contributed by atoms with E-state index in [1.165, 1.54) is 6.20 Å². The second-order valence-corrected chi connectivity index (χ2v) is 6.02. The molecular weight excluding hydrogens is 357 g/mol. The van der Waals surface area contributed by atoms with E-state index in [4.69, 9.17) is 44.9 Å². The van der Waals surface area contributed by atoms with Crippen LogP contribution in [0, 0.1) is 0 Å². The number of hydrogen-bond acceptors (Lipinski definition) is 4. The van der Waals surface area contributed by atoms with Crippen LogP contribution in [0.3, 0.4) is 0 Å². The first kappa shape index (κ1) is 16.1. The van der Waals surface area contributed by atoms with E-state index >= 15 is 0 Å². The number of hydrogen-bond donors (Lipinski definition) is 2. The van der Waals surface area contributed by atoms with Gasteiger partial charge in [0.15, 0.2) is 22.4 Å². The van der Waals surface area contributed by atoms with Crippen LogP contribution in [0.1, 0.15) is 5.56 Å². The van der Waals surface area contributed by atoms with Gasteiger partial charge in [0, 0.05) is 12.7 Å². The van der Waals surface area contributed by atoms with E-state index in [1.54, 1.807) is 6.07 Å². The molecule has 120 valence electrons. The van der Waals surface area contributed by atoms with Crippen molar-refractivity contribution in [3.8, 4) is 11.5 Å². The van der Waals surface area contributed by atoms with Gasteiger partial charge in [0.05, 0.1) is 10.0 Å². The average molecular weight is 370 g/mol. The number of benzene rings is 1. The van der Waals surface area contributed by atoms with Crippen LogP contribution in [-0.2, 0) is 6.54 Å². The van der Waals surface area contributed by atoms with Crippen molar-refractivity contribution >= 4 is 46.4 Å². The van der Waals surface area contributed by atoms with E-state index in [-0.39, 0.29) is 0 Å². The van der Waals surface area contributed by atoms with Crippen molar-refractivity contribution in [3.05, 3.63) is 46.1 Å². The molecule has 3 rings (SSSR count).